The Kier molecular flexibility index (Phi) is 4.02. The molecule has 3 aromatic rings. The predicted octanol–water partition coefficient (Wildman–Crippen LogP) is 3.37. The molecule has 0 fully saturated rings. The zero-order valence-electron chi connectivity index (χ0n) is 14.0. The molecule has 0 atom stereocenters. The predicted molar refractivity (Wildman–Crippen MR) is 84.6 cm³/mol. The van der Waals surface area contributed by atoms with Crippen LogP contribution in [0.2, 0.25) is 0 Å². The second-order valence-corrected chi connectivity index (χ2v) is 5.42. The van der Waals surface area contributed by atoms with Gasteiger partial charge in [0, 0.05) is 7.05 Å². The second kappa shape index (κ2) is 5.91. The van der Waals surface area contributed by atoms with Crippen LogP contribution < -0.4 is 9.47 Å². The molecule has 2 heterocycles. The first-order chi connectivity index (χ1) is 11.8. The molecule has 0 amide bonds. The number of ether oxygens (including phenoxy) is 2. The molecule has 0 unspecified atom stereocenters. The molecule has 0 aliphatic heterocycles. The Balaban J connectivity index is 2.25. The van der Waals surface area contributed by atoms with Gasteiger partial charge in [0.05, 0.1) is 31.5 Å². The molecule has 25 heavy (non-hydrogen) atoms. The number of rotatable bonds is 3. The molecule has 1 aromatic carbocycles. The van der Waals surface area contributed by atoms with E-state index in [0.717, 1.165) is 12.1 Å². The van der Waals surface area contributed by atoms with Crippen LogP contribution in [-0.4, -0.2) is 33.7 Å². The van der Waals surface area contributed by atoms with Crippen molar-refractivity contribution in [2.75, 3.05) is 14.2 Å². The van der Waals surface area contributed by atoms with Gasteiger partial charge in [-0.15, -0.1) is 0 Å². The van der Waals surface area contributed by atoms with Crippen LogP contribution in [0.5, 0.6) is 11.6 Å². The van der Waals surface area contributed by atoms with Gasteiger partial charge in [-0.25, -0.2) is 9.97 Å². The molecule has 0 spiro atoms. The fourth-order valence-electron chi connectivity index (χ4n) is 2.63. The molecule has 0 aliphatic rings. The number of methoxy groups -OCH3 is 2. The lowest BCUT2D eigenvalue weighted by molar-refractivity contribution is -0.137. The second-order valence-electron chi connectivity index (χ2n) is 5.42. The maximum atomic E-state index is 13.0. The van der Waals surface area contributed by atoms with Gasteiger partial charge >= 0.3 is 6.18 Å². The highest BCUT2D eigenvalue weighted by molar-refractivity contribution is 5.78. The molecule has 0 saturated heterocycles. The van der Waals surface area contributed by atoms with E-state index in [1.807, 2.05) is 0 Å². The highest BCUT2D eigenvalue weighted by atomic mass is 19.4. The van der Waals surface area contributed by atoms with Crippen LogP contribution in [0.1, 0.15) is 11.1 Å². The highest BCUT2D eigenvalue weighted by Gasteiger charge is 2.33. The SMILES string of the molecule is COc1cnc2c(n1)nc(-c1c(C)cc(C(F)(F)F)cc1OC)n2C. The largest absolute Gasteiger partial charge is 0.496 e. The van der Waals surface area contributed by atoms with Crippen molar-refractivity contribution in [1.29, 1.82) is 0 Å². The minimum absolute atomic E-state index is 0.0812. The number of alkyl halides is 3. The first-order valence-corrected chi connectivity index (χ1v) is 7.26. The number of aryl methyl sites for hydroxylation is 2. The summed E-state index contributed by atoms with van der Waals surface area (Å²) < 4.78 is 51.0. The Bertz CT molecular complexity index is 951. The van der Waals surface area contributed by atoms with Gasteiger partial charge in [-0.3, -0.25) is 0 Å². The zero-order valence-corrected chi connectivity index (χ0v) is 14.0. The third kappa shape index (κ3) is 2.86. The molecule has 132 valence electrons. The van der Waals surface area contributed by atoms with Crippen LogP contribution in [0.25, 0.3) is 22.7 Å². The van der Waals surface area contributed by atoms with Crippen molar-refractivity contribution in [2.45, 2.75) is 13.1 Å². The molecule has 0 radical (unpaired) electrons. The summed E-state index contributed by atoms with van der Waals surface area (Å²) in [6.45, 7) is 1.58. The van der Waals surface area contributed by atoms with E-state index in [1.165, 1.54) is 20.4 Å². The Morgan fingerprint density at radius 3 is 2.40 bits per heavy atom. The van der Waals surface area contributed by atoms with Crippen molar-refractivity contribution >= 4 is 11.3 Å². The number of hydrogen-bond donors (Lipinski definition) is 0. The average molecular weight is 352 g/mol. The molecular weight excluding hydrogens is 337 g/mol. The average Bonchev–Trinajstić information content (AvgIpc) is 2.89. The Labute approximate surface area is 141 Å². The summed E-state index contributed by atoms with van der Waals surface area (Å²) in [5, 5.41) is 0. The Morgan fingerprint density at radius 1 is 1.08 bits per heavy atom. The van der Waals surface area contributed by atoms with E-state index in [4.69, 9.17) is 9.47 Å². The van der Waals surface area contributed by atoms with Crippen LogP contribution in [0, 0.1) is 6.92 Å². The van der Waals surface area contributed by atoms with Crippen molar-refractivity contribution in [1.82, 2.24) is 19.5 Å². The van der Waals surface area contributed by atoms with Crippen molar-refractivity contribution in [3.05, 3.63) is 29.5 Å². The van der Waals surface area contributed by atoms with E-state index in [9.17, 15) is 13.2 Å². The van der Waals surface area contributed by atoms with Crippen LogP contribution in [0.4, 0.5) is 13.2 Å². The molecule has 6 nitrogen and oxygen atoms in total. The summed E-state index contributed by atoms with van der Waals surface area (Å²) >= 11 is 0. The summed E-state index contributed by atoms with van der Waals surface area (Å²) in [6.07, 6.45) is -3.01. The van der Waals surface area contributed by atoms with Gasteiger partial charge in [-0.2, -0.15) is 18.2 Å². The topological polar surface area (TPSA) is 62.1 Å². The number of aromatic nitrogens is 4. The smallest absolute Gasteiger partial charge is 0.416 e. The number of nitrogens with zero attached hydrogens (tertiary/aromatic N) is 4. The van der Waals surface area contributed by atoms with Gasteiger partial charge in [0.1, 0.15) is 11.6 Å². The number of benzene rings is 1. The normalized spacial score (nSPS) is 11.8. The molecule has 0 N–H and O–H groups in total. The third-order valence-corrected chi connectivity index (χ3v) is 3.84. The van der Waals surface area contributed by atoms with E-state index in [1.54, 1.807) is 18.5 Å². The standard InChI is InChI=1S/C16H15F3N4O2/c1-8-5-9(16(17,18)19)6-10(24-3)12(8)14-22-13-15(23(14)2)20-7-11(21-13)25-4/h5-7H,1-4H3. The lowest BCUT2D eigenvalue weighted by Gasteiger charge is -2.15. The molecule has 0 bridgehead atoms. The number of imidazole rings is 1. The van der Waals surface area contributed by atoms with E-state index >= 15 is 0 Å². The van der Waals surface area contributed by atoms with Crippen LogP contribution >= 0.6 is 0 Å². The van der Waals surface area contributed by atoms with Gasteiger partial charge in [-0.1, -0.05) is 0 Å². The van der Waals surface area contributed by atoms with Gasteiger partial charge in [0.2, 0.25) is 11.5 Å². The highest BCUT2D eigenvalue weighted by Crippen LogP contribution is 2.39. The Hall–Kier alpha value is -2.84. The van der Waals surface area contributed by atoms with Crippen LogP contribution in [0.15, 0.2) is 18.3 Å². The van der Waals surface area contributed by atoms with Crippen molar-refractivity contribution in [3.63, 3.8) is 0 Å². The van der Waals surface area contributed by atoms with Gasteiger partial charge in [0.15, 0.2) is 5.65 Å². The van der Waals surface area contributed by atoms with Crippen LogP contribution in [0.3, 0.4) is 0 Å². The summed E-state index contributed by atoms with van der Waals surface area (Å²) in [6, 6.07) is 2.03. The van der Waals surface area contributed by atoms with E-state index in [0.29, 0.717) is 34.1 Å². The first-order valence-electron chi connectivity index (χ1n) is 7.26. The molecule has 0 saturated carbocycles. The summed E-state index contributed by atoms with van der Waals surface area (Å²) in [7, 11) is 4.49. The molecule has 3 rings (SSSR count). The van der Waals surface area contributed by atoms with E-state index in [2.05, 4.69) is 15.0 Å². The summed E-state index contributed by atoms with van der Waals surface area (Å²) in [5.74, 6) is 0.789. The molecule has 0 aliphatic carbocycles. The van der Waals surface area contributed by atoms with Crippen molar-refractivity contribution in [2.24, 2.45) is 7.05 Å². The van der Waals surface area contributed by atoms with E-state index < -0.39 is 11.7 Å². The lowest BCUT2D eigenvalue weighted by Crippen LogP contribution is -2.07. The number of hydrogen-bond acceptors (Lipinski definition) is 5. The van der Waals surface area contributed by atoms with E-state index in [-0.39, 0.29) is 5.75 Å². The van der Waals surface area contributed by atoms with Gasteiger partial charge in [0.25, 0.3) is 0 Å². The monoisotopic (exact) mass is 352 g/mol. The van der Waals surface area contributed by atoms with Gasteiger partial charge in [-0.05, 0) is 24.6 Å². The number of fused-ring (bicyclic) bond motifs is 1. The fourth-order valence-corrected chi connectivity index (χ4v) is 2.63. The minimum atomic E-state index is -4.46. The first kappa shape index (κ1) is 17.0. The third-order valence-electron chi connectivity index (χ3n) is 3.84. The minimum Gasteiger partial charge on any atom is -0.496 e. The zero-order chi connectivity index (χ0) is 18.4. The van der Waals surface area contributed by atoms with Crippen LogP contribution in [-0.2, 0) is 13.2 Å². The molecule has 9 heteroatoms. The maximum Gasteiger partial charge on any atom is 0.416 e. The summed E-state index contributed by atoms with van der Waals surface area (Å²) in [5.41, 5.74) is 0.881. The lowest BCUT2D eigenvalue weighted by atomic mass is 10.0. The number of halogens is 3. The Morgan fingerprint density at radius 2 is 1.80 bits per heavy atom. The maximum absolute atomic E-state index is 13.0. The van der Waals surface area contributed by atoms with Gasteiger partial charge < -0.3 is 14.0 Å². The van der Waals surface area contributed by atoms with Crippen molar-refractivity contribution < 1.29 is 22.6 Å². The fraction of sp³-hybridized carbons (Fsp3) is 0.312. The van der Waals surface area contributed by atoms with Crippen molar-refractivity contribution in [3.8, 4) is 23.0 Å². The quantitative estimate of drug-likeness (QED) is 0.723. The molecule has 2 aromatic heterocycles. The summed E-state index contributed by atoms with van der Waals surface area (Å²) in [4.78, 5) is 12.8. The molecular formula is C16H15F3N4O2.